The topological polar surface area (TPSA) is 49.3 Å². The van der Waals surface area contributed by atoms with Gasteiger partial charge in [0.15, 0.2) is 0 Å². The highest BCUT2D eigenvalue weighted by atomic mass is 16.4. The number of carboxylic acid groups (broad SMARTS) is 1. The van der Waals surface area contributed by atoms with E-state index in [1.807, 2.05) is 18.2 Å². The molecule has 1 heterocycles. The van der Waals surface area contributed by atoms with Crippen LogP contribution < -0.4 is 5.32 Å². The van der Waals surface area contributed by atoms with E-state index >= 15 is 0 Å². The molecule has 0 aliphatic carbocycles. The summed E-state index contributed by atoms with van der Waals surface area (Å²) in [6.45, 7) is 0.578. The summed E-state index contributed by atoms with van der Waals surface area (Å²) in [5, 5.41) is 12.1. The van der Waals surface area contributed by atoms with Crippen LogP contribution in [0.3, 0.4) is 0 Å². The lowest BCUT2D eigenvalue weighted by atomic mass is 9.91. The van der Waals surface area contributed by atoms with Crippen LogP contribution in [0.25, 0.3) is 0 Å². The van der Waals surface area contributed by atoms with Crippen LogP contribution in [-0.2, 0) is 4.79 Å². The standard InChI is InChI=1S/C12H15NO2/c14-12(15)10-6-7-11(13-8-10)9-4-2-1-3-5-9/h1-5,10-11,13H,6-8H2,(H,14,15)/t10-,11+/m0/s1. The summed E-state index contributed by atoms with van der Waals surface area (Å²) in [7, 11) is 0. The largest absolute Gasteiger partial charge is 0.481 e. The van der Waals surface area contributed by atoms with Gasteiger partial charge in [-0.05, 0) is 18.4 Å². The van der Waals surface area contributed by atoms with Crippen LogP contribution in [0.4, 0.5) is 0 Å². The number of piperidine rings is 1. The number of benzene rings is 1. The first-order chi connectivity index (χ1) is 7.27. The molecule has 1 saturated heterocycles. The minimum absolute atomic E-state index is 0.218. The molecule has 1 fully saturated rings. The fourth-order valence-corrected chi connectivity index (χ4v) is 2.04. The van der Waals surface area contributed by atoms with E-state index in [4.69, 9.17) is 5.11 Å². The van der Waals surface area contributed by atoms with Gasteiger partial charge >= 0.3 is 5.97 Å². The summed E-state index contributed by atoms with van der Waals surface area (Å²) in [5.41, 5.74) is 1.25. The van der Waals surface area contributed by atoms with Gasteiger partial charge in [-0.25, -0.2) is 0 Å². The Morgan fingerprint density at radius 2 is 2.00 bits per heavy atom. The number of nitrogens with one attached hydrogen (secondary N) is 1. The van der Waals surface area contributed by atoms with Crippen molar-refractivity contribution in [1.29, 1.82) is 0 Å². The Labute approximate surface area is 89.1 Å². The molecule has 1 aromatic rings. The molecule has 0 saturated carbocycles. The maximum absolute atomic E-state index is 10.8. The minimum Gasteiger partial charge on any atom is -0.481 e. The van der Waals surface area contributed by atoms with Crippen LogP contribution >= 0.6 is 0 Å². The SMILES string of the molecule is O=C(O)[C@H]1CC[C@H](c2ccccc2)NC1. The van der Waals surface area contributed by atoms with E-state index in [1.165, 1.54) is 5.56 Å². The monoisotopic (exact) mass is 205 g/mol. The van der Waals surface area contributed by atoms with Gasteiger partial charge in [0.2, 0.25) is 0 Å². The highest BCUT2D eigenvalue weighted by molar-refractivity contribution is 5.70. The molecule has 0 bridgehead atoms. The summed E-state index contributed by atoms with van der Waals surface area (Å²) >= 11 is 0. The van der Waals surface area contributed by atoms with E-state index in [-0.39, 0.29) is 5.92 Å². The Kier molecular flexibility index (Phi) is 3.02. The van der Waals surface area contributed by atoms with E-state index in [0.717, 1.165) is 12.8 Å². The molecule has 80 valence electrons. The normalized spacial score (nSPS) is 26.1. The Morgan fingerprint density at radius 3 is 2.53 bits per heavy atom. The second-order valence-electron chi connectivity index (χ2n) is 3.98. The maximum Gasteiger partial charge on any atom is 0.307 e. The number of rotatable bonds is 2. The third-order valence-electron chi connectivity index (χ3n) is 2.97. The molecular formula is C12H15NO2. The molecule has 0 spiro atoms. The molecule has 3 nitrogen and oxygen atoms in total. The van der Waals surface area contributed by atoms with Crippen molar-refractivity contribution in [3.8, 4) is 0 Å². The molecule has 2 N–H and O–H groups in total. The van der Waals surface area contributed by atoms with Crippen LogP contribution in [0.15, 0.2) is 30.3 Å². The fraction of sp³-hybridized carbons (Fsp3) is 0.417. The zero-order valence-electron chi connectivity index (χ0n) is 8.52. The quantitative estimate of drug-likeness (QED) is 0.774. The molecule has 1 aliphatic heterocycles. The zero-order chi connectivity index (χ0) is 10.7. The first kappa shape index (κ1) is 10.2. The lowest BCUT2D eigenvalue weighted by Crippen LogP contribution is -2.36. The minimum atomic E-state index is -0.686. The third-order valence-corrected chi connectivity index (χ3v) is 2.97. The molecule has 2 atom stereocenters. The second-order valence-corrected chi connectivity index (χ2v) is 3.98. The first-order valence-corrected chi connectivity index (χ1v) is 5.28. The number of hydrogen-bond donors (Lipinski definition) is 2. The third kappa shape index (κ3) is 2.36. The van der Waals surface area contributed by atoms with E-state index in [0.29, 0.717) is 12.6 Å². The highest BCUT2D eigenvalue weighted by Gasteiger charge is 2.25. The van der Waals surface area contributed by atoms with E-state index < -0.39 is 5.97 Å². The van der Waals surface area contributed by atoms with Crippen molar-refractivity contribution < 1.29 is 9.90 Å². The van der Waals surface area contributed by atoms with Gasteiger partial charge in [-0.2, -0.15) is 0 Å². The lowest BCUT2D eigenvalue weighted by Gasteiger charge is -2.27. The summed E-state index contributed by atoms with van der Waals surface area (Å²) in [5.74, 6) is -0.904. The average Bonchev–Trinajstić information content (AvgIpc) is 2.30. The van der Waals surface area contributed by atoms with E-state index in [9.17, 15) is 4.79 Å². The highest BCUT2D eigenvalue weighted by Crippen LogP contribution is 2.25. The molecular weight excluding hydrogens is 190 g/mol. The summed E-state index contributed by atoms with van der Waals surface area (Å²) in [6, 6.07) is 10.5. The predicted octanol–water partition coefficient (Wildman–Crippen LogP) is 1.81. The van der Waals surface area contributed by atoms with Crippen LogP contribution in [0.2, 0.25) is 0 Å². The molecule has 0 radical (unpaired) electrons. The van der Waals surface area contributed by atoms with Crippen LogP contribution in [0, 0.1) is 5.92 Å². The lowest BCUT2D eigenvalue weighted by molar-refractivity contribution is -0.142. The fourth-order valence-electron chi connectivity index (χ4n) is 2.04. The smallest absolute Gasteiger partial charge is 0.307 e. The van der Waals surface area contributed by atoms with Gasteiger partial charge in [0, 0.05) is 12.6 Å². The summed E-state index contributed by atoms with van der Waals surface area (Å²) < 4.78 is 0. The molecule has 1 aromatic carbocycles. The summed E-state index contributed by atoms with van der Waals surface area (Å²) in [6.07, 6.45) is 1.67. The van der Waals surface area contributed by atoms with Crippen molar-refractivity contribution in [2.24, 2.45) is 5.92 Å². The van der Waals surface area contributed by atoms with Gasteiger partial charge in [-0.3, -0.25) is 4.79 Å². The molecule has 2 rings (SSSR count). The van der Waals surface area contributed by atoms with Gasteiger partial charge in [0.05, 0.1) is 5.92 Å². The van der Waals surface area contributed by atoms with Gasteiger partial charge in [0.1, 0.15) is 0 Å². The molecule has 3 heteroatoms. The van der Waals surface area contributed by atoms with Gasteiger partial charge in [0.25, 0.3) is 0 Å². The van der Waals surface area contributed by atoms with Gasteiger partial charge < -0.3 is 10.4 Å². The first-order valence-electron chi connectivity index (χ1n) is 5.28. The van der Waals surface area contributed by atoms with Gasteiger partial charge in [-0.15, -0.1) is 0 Å². The van der Waals surface area contributed by atoms with Crippen LogP contribution in [0.1, 0.15) is 24.4 Å². The van der Waals surface area contributed by atoms with Crippen LogP contribution in [0.5, 0.6) is 0 Å². The van der Waals surface area contributed by atoms with Crippen molar-refractivity contribution in [2.75, 3.05) is 6.54 Å². The number of aliphatic carboxylic acids is 1. The van der Waals surface area contributed by atoms with E-state index in [1.54, 1.807) is 0 Å². The van der Waals surface area contributed by atoms with Crippen molar-refractivity contribution in [1.82, 2.24) is 5.32 Å². The average molecular weight is 205 g/mol. The molecule has 15 heavy (non-hydrogen) atoms. The zero-order valence-corrected chi connectivity index (χ0v) is 8.52. The molecule has 0 unspecified atom stereocenters. The van der Waals surface area contributed by atoms with Crippen molar-refractivity contribution >= 4 is 5.97 Å². The molecule has 0 aromatic heterocycles. The number of carbonyl (C=O) groups is 1. The molecule has 1 aliphatic rings. The van der Waals surface area contributed by atoms with Gasteiger partial charge in [-0.1, -0.05) is 30.3 Å². The molecule has 0 amide bonds. The van der Waals surface area contributed by atoms with Crippen molar-refractivity contribution in [3.63, 3.8) is 0 Å². The summed E-state index contributed by atoms with van der Waals surface area (Å²) in [4.78, 5) is 10.8. The Balaban J connectivity index is 1.97. The second kappa shape index (κ2) is 4.45. The van der Waals surface area contributed by atoms with Crippen LogP contribution in [-0.4, -0.2) is 17.6 Å². The van der Waals surface area contributed by atoms with Crippen molar-refractivity contribution in [3.05, 3.63) is 35.9 Å². The predicted molar refractivity (Wildman–Crippen MR) is 57.5 cm³/mol. The maximum atomic E-state index is 10.8. The number of hydrogen-bond acceptors (Lipinski definition) is 2. The van der Waals surface area contributed by atoms with E-state index in [2.05, 4.69) is 17.4 Å². The number of carboxylic acids is 1. The Bertz CT molecular complexity index is 329. The van der Waals surface area contributed by atoms with Crippen molar-refractivity contribution in [2.45, 2.75) is 18.9 Å². The Morgan fingerprint density at radius 1 is 1.27 bits per heavy atom. The Hall–Kier alpha value is -1.35.